The van der Waals surface area contributed by atoms with Gasteiger partial charge in [-0.25, -0.2) is 0 Å². The summed E-state index contributed by atoms with van der Waals surface area (Å²) in [5.41, 5.74) is 3.07. The Hall–Kier alpha value is -2.82. The van der Waals surface area contributed by atoms with Crippen molar-refractivity contribution in [1.29, 1.82) is 0 Å². The van der Waals surface area contributed by atoms with E-state index in [9.17, 15) is 4.79 Å². The Kier molecular flexibility index (Phi) is 3.46. The molecule has 0 saturated heterocycles. The molecule has 2 heterocycles. The number of hydrogen-bond donors (Lipinski definition) is 2. The van der Waals surface area contributed by atoms with Gasteiger partial charge in [-0.05, 0) is 30.5 Å². The molecular formula is C18H17N3O2. The van der Waals surface area contributed by atoms with Crippen molar-refractivity contribution in [3.63, 3.8) is 0 Å². The molecule has 5 heteroatoms. The van der Waals surface area contributed by atoms with Crippen LogP contribution in [0.3, 0.4) is 0 Å². The standard InChI is InChI=1S/C18H17N3O2/c22-18(19-17-11-15(20-21-17)13-7-8-13)10-12-3-5-14(6-4-12)16-2-1-9-23-16/h1-6,9,11,13H,7-8,10H2,(H2,19,20,21,22). The topological polar surface area (TPSA) is 70.9 Å². The molecule has 1 fully saturated rings. The molecule has 0 bridgehead atoms. The summed E-state index contributed by atoms with van der Waals surface area (Å²) in [6.07, 6.45) is 4.38. The molecule has 23 heavy (non-hydrogen) atoms. The van der Waals surface area contributed by atoms with Crippen LogP contribution in [0.15, 0.2) is 53.1 Å². The number of nitrogens with one attached hydrogen (secondary N) is 2. The highest BCUT2D eigenvalue weighted by Crippen LogP contribution is 2.39. The third-order valence-corrected chi connectivity index (χ3v) is 4.01. The maximum absolute atomic E-state index is 12.1. The van der Waals surface area contributed by atoms with Crippen molar-refractivity contribution in [1.82, 2.24) is 10.2 Å². The highest BCUT2D eigenvalue weighted by molar-refractivity contribution is 5.91. The van der Waals surface area contributed by atoms with Crippen LogP contribution in [0.5, 0.6) is 0 Å². The first-order chi connectivity index (χ1) is 11.3. The van der Waals surface area contributed by atoms with Crippen LogP contribution < -0.4 is 5.32 Å². The number of rotatable bonds is 5. The van der Waals surface area contributed by atoms with Crippen molar-refractivity contribution in [3.8, 4) is 11.3 Å². The molecule has 1 saturated carbocycles. The molecule has 116 valence electrons. The first-order valence-corrected chi connectivity index (χ1v) is 7.76. The van der Waals surface area contributed by atoms with Gasteiger partial charge in [-0.3, -0.25) is 9.89 Å². The highest BCUT2D eigenvalue weighted by atomic mass is 16.3. The number of benzene rings is 1. The fraction of sp³-hybridized carbons (Fsp3) is 0.222. The van der Waals surface area contributed by atoms with Gasteiger partial charge in [0.15, 0.2) is 5.82 Å². The first kappa shape index (κ1) is 13.8. The lowest BCUT2D eigenvalue weighted by Gasteiger charge is -2.03. The molecule has 4 rings (SSSR count). The SMILES string of the molecule is O=C(Cc1ccc(-c2ccco2)cc1)Nc1cc(C2CC2)[nH]n1. The zero-order chi connectivity index (χ0) is 15.6. The summed E-state index contributed by atoms with van der Waals surface area (Å²) in [5.74, 6) is 1.96. The summed E-state index contributed by atoms with van der Waals surface area (Å²) in [6, 6.07) is 13.5. The average molecular weight is 307 g/mol. The van der Waals surface area contributed by atoms with Crippen molar-refractivity contribution >= 4 is 11.7 Å². The number of aromatic amines is 1. The number of nitrogens with zero attached hydrogens (tertiary/aromatic N) is 1. The van der Waals surface area contributed by atoms with Crippen LogP contribution in [-0.2, 0) is 11.2 Å². The smallest absolute Gasteiger partial charge is 0.229 e. The molecule has 0 radical (unpaired) electrons. The minimum absolute atomic E-state index is 0.0652. The maximum Gasteiger partial charge on any atom is 0.229 e. The molecular weight excluding hydrogens is 290 g/mol. The fourth-order valence-corrected chi connectivity index (χ4v) is 2.61. The molecule has 1 aliphatic rings. The minimum atomic E-state index is -0.0652. The lowest BCUT2D eigenvalue weighted by molar-refractivity contribution is -0.115. The van der Waals surface area contributed by atoms with Gasteiger partial charge in [0.2, 0.25) is 5.91 Å². The molecule has 0 aliphatic heterocycles. The van der Waals surface area contributed by atoms with Gasteiger partial charge in [-0.15, -0.1) is 0 Å². The molecule has 0 spiro atoms. The van der Waals surface area contributed by atoms with E-state index in [2.05, 4.69) is 15.5 Å². The van der Waals surface area contributed by atoms with Crippen molar-refractivity contribution < 1.29 is 9.21 Å². The molecule has 1 aromatic carbocycles. The van der Waals surface area contributed by atoms with Crippen LogP contribution in [0, 0.1) is 0 Å². The number of amides is 1. The van der Waals surface area contributed by atoms with Crippen LogP contribution in [0.4, 0.5) is 5.82 Å². The number of furan rings is 1. The lowest BCUT2D eigenvalue weighted by Crippen LogP contribution is -2.14. The maximum atomic E-state index is 12.1. The third kappa shape index (κ3) is 3.18. The predicted octanol–water partition coefficient (Wildman–Crippen LogP) is 3.73. The van der Waals surface area contributed by atoms with E-state index in [0.717, 1.165) is 22.6 Å². The van der Waals surface area contributed by atoms with Crippen molar-refractivity contribution in [3.05, 3.63) is 60.0 Å². The van der Waals surface area contributed by atoms with Gasteiger partial charge in [0.25, 0.3) is 0 Å². The zero-order valence-electron chi connectivity index (χ0n) is 12.6. The van der Waals surface area contributed by atoms with Crippen molar-refractivity contribution in [2.45, 2.75) is 25.2 Å². The zero-order valence-corrected chi connectivity index (χ0v) is 12.6. The van der Waals surface area contributed by atoms with E-state index >= 15 is 0 Å². The van der Waals surface area contributed by atoms with Gasteiger partial charge in [-0.2, -0.15) is 5.10 Å². The van der Waals surface area contributed by atoms with Crippen LogP contribution >= 0.6 is 0 Å². The predicted molar refractivity (Wildman–Crippen MR) is 87.0 cm³/mol. The first-order valence-electron chi connectivity index (χ1n) is 7.76. The largest absolute Gasteiger partial charge is 0.464 e. The summed E-state index contributed by atoms with van der Waals surface area (Å²) < 4.78 is 5.36. The van der Waals surface area contributed by atoms with E-state index in [-0.39, 0.29) is 5.91 Å². The Morgan fingerprint density at radius 1 is 1.26 bits per heavy atom. The van der Waals surface area contributed by atoms with Gasteiger partial charge >= 0.3 is 0 Å². The minimum Gasteiger partial charge on any atom is -0.464 e. The lowest BCUT2D eigenvalue weighted by atomic mass is 10.1. The quantitative estimate of drug-likeness (QED) is 0.754. The van der Waals surface area contributed by atoms with E-state index in [1.54, 1.807) is 6.26 Å². The summed E-state index contributed by atoms with van der Waals surface area (Å²) in [6.45, 7) is 0. The second kappa shape index (κ2) is 5.76. The Balaban J connectivity index is 1.37. The molecule has 0 unspecified atom stereocenters. The molecule has 2 N–H and O–H groups in total. The second-order valence-electron chi connectivity index (χ2n) is 5.88. The fourth-order valence-electron chi connectivity index (χ4n) is 2.61. The number of carbonyl (C=O) groups is 1. The third-order valence-electron chi connectivity index (χ3n) is 4.01. The van der Waals surface area contributed by atoms with E-state index in [1.165, 1.54) is 12.8 Å². The molecule has 1 amide bonds. The second-order valence-corrected chi connectivity index (χ2v) is 5.88. The number of carbonyl (C=O) groups excluding carboxylic acids is 1. The number of anilines is 1. The normalized spacial score (nSPS) is 13.9. The van der Waals surface area contributed by atoms with Crippen molar-refractivity contribution in [2.24, 2.45) is 0 Å². The van der Waals surface area contributed by atoms with Gasteiger partial charge < -0.3 is 9.73 Å². The summed E-state index contributed by atoms with van der Waals surface area (Å²) in [4.78, 5) is 12.1. The molecule has 2 aromatic heterocycles. The van der Waals surface area contributed by atoms with E-state index in [1.807, 2.05) is 42.5 Å². The molecule has 0 atom stereocenters. The molecule has 5 nitrogen and oxygen atoms in total. The Morgan fingerprint density at radius 2 is 2.09 bits per heavy atom. The van der Waals surface area contributed by atoms with Crippen LogP contribution in [0.25, 0.3) is 11.3 Å². The van der Waals surface area contributed by atoms with Gasteiger partial charge in [-0.1, -0.05) is 24.3 Å². The monoisotopic (exact) mass is 307 g/mol. The number of H-pyrrole nitrogens is 1. The van der Waals surface area contributed by atoms with E-state index in [4.69, 9.17) is 4.42 Å². The van der Waals surface area contributed by atoms with Gasteiger partial charge in [0.05, 0.1) is 12.7 Å². The Bertz CT molecular complexity index is 799. The summed E-state index contributed by atoms with van der Waals surface area (Å²) in [5, 5.41) is 9.96. The van der Waals surface area contributed by atoms with E-state index < -0.39 is 0 Å². The Labute approximate surface area is 133 Å². The van der Waals surface area contributed by atoms with Crippen LogP contribution in [0.2, 0.25) is 0 Å². The summed E-state index contributed by atoms with van der Waals surface area (Å²) in [7, 11) is 0. The van der Waals surface area contributed by atoms with Gasteiger partial charge in [0, 0.05) is 23.2 Å². The number of hydrogen-bond acceptors (Lipinski definition) is 3. The van der Waals surface area contributed by atoms with Crippen LogP contribution in [-0.4, -0.2) is 16.1 Å². The van der Waals surface area contributed by atoms with Crippen LogP contribution in [0.1, 0.15) is 30.0 Å². The van der Waals surface area contributed by atoms with E-state index in [0.29, 0.717) is 18.2 Å². The summed E-state index contributed by atoms with van der Waals surface area (Å²) >= 11 is 0. The highest BCUT2D eigenvalue weighted by Gasteiger charge is 2.25. The van der Waals surface area contributed by atoms with Crippen molar-refractivity contribution in [2.75, 3.05) is 5.32 Å². The molecule has 1 aliphatic carbocycles. The number of aromatic nitrogens is 2. The Morgan fingerprint density at radius 3 is 2.78 bits per heavy atom. The molecule has 3 aromatic rings. The average Bonchev–Trinajstić information content (AvgIpc) is 3.07. The van der Waals surface area contributed by atoms with Gasteiger partial charge in [0.1, 0.15) is 5.76 Å².